The molecule has 2 amide bonds. The molecule has 0 saturated carbocycles. The highest BCUT2D eigenvalue weighted by molar-refractivity contribution is 6.00. The Hall–Kier alpha value is -2.36. The van der Waals surface area contributed by atoms with E-state index < -0.39 is 60.3 Å². The molecule has 70 heavy (non-hydrogen) atoms. The van der Waals surface area contributed by atoms with Crippen molar-refractivity contribution in [2.45, 2.75) is 283 Å². The number of nitrogens with one attached hydrogen (secondary N) is 2. The van der Waals surface area contributed by atoms with Crippen molar-refractivity contribution in [3.05, 3.63) is 0 Å². The van der Waals surface area contributed by atoms with Crippen LogP contribution >= 0.6 is 0 Å². The highest BCUT2D eigenvalue weighted by Gasteiger charge is 2.36. The van der Waals surface area contributed by atoms with Crippen LogP contribution in [-0.2, 0) is 28.7 Å². The summed E-state index contributed by atoms with van der Waals surface area (Å²) < 4.78 is 10.9. The van der Waals surface area contributed by atoms with Gasteiger partial charge < -0.3 is 40.5 Å². The summed E-state index contributed by atoms with van der Waals surface area (Å²) in [5.74, 6) is -2.36. The molecule has 0 spiro atoms. The molecular weight excluding hydrogens is 889 g/mol. The molecule has 14 heteroatoms. The molecule has 1 rings (SSSR count). The summed E-state index contributed by atoms with van der Waals surface area (Å²) >= 11 is 0. The molecule has 0 aromatic heterocycles. The van der Waals surface area contributed by atoms with Crippen LogP contribution in [-0.4, -0.2) is 143 Å². The van der Waals surface area contributed by atoms with Gasteiger partial charge in [-0.05, 0) is 64.5 Å². The molecule has 6 unspecified atom stereocenters. The second kappa shape index (κ2) is 45.3. The molecule has 14 nitrogen and oxygen atoms in total. The van der Waals surface area contributed by atoms with E-state index in [4.69, 9.17) is 9.47 Å². The van der Waals surface area contributed by atoms with Crippen molar-refractivity contribution < 1.29 is 49.1 Å². The van der Waals surface area contributed by atoms with Crippen molar-refractivity contribution in [3.8, 4) is 0 Å². The molecule has 0 aliphatic carbocycles. The van der Waals surface area contributed by atoms with Gasteiger partial charge in [-0.15, -0.1) is 0 Å². The van der Waals surface area contributed by atoms with Crippen molar-refractivity contribution in [2.75, 3.05) is 52.5 Å². The number of carbonyl (C=O) groups excluding carboxylic acids is 4. The molecule has 1 aliphatic rings. The second-order valence-corrected chi connectivity index (χ2v) is 20.7. The third kappa shape index (κ3) is 37.4. The van der Waals surface area contributed by atoms with Crippen LogP contribution < -0.4 is 10.6 Å². The van der Waals surface area contributed by atoms with E-state index in [9.17, 15) is 39.6 Å². The minimum atomic E-state index is -1.11. The van der Waals surface area contributed by atoms with Gasteiger partial charge in [0.05, 0.1) is 50.5 Å². The van der Waals surface area contributed by atoms with Crippen molar-refractivity contribution in [3.63, 3.8) is 0 Å². The number of unbranched alkanes of at least 4 members (excludes halogenated alkanes) is 22. The first-order valence-corrected chi connectivity index (χ1v) is 29.0. The lowest BCUT2D eigenvalue weighted by Crippen LogP contribution is -2.62. The fourth-order valence-electron chi connectivity index (χ4n) is 9.37. The van der Waals surface area contributed by atoms with Crippen molar-refractivity contribution in [1.29, 1.82) is 0 Å². The Morgan fingerprint density at radius 2 is 0.671 bits per heavy atom. The number of amides is 2. The van der Waals surface area contributed by atoms with E-state index >= 15 is 0 Å². The maximum atomic E-state index is 12.9. The molecule has 6 atom stereocenters. The second-order valence-electron chi connectivity index (χ2n) is 20.7. The smallest absolute Gasteiger partial charge is 0.308 e. The summed E-state index contributed by atoms with van der Waals surface area (Å²) in [6.07, 6.45) is 30.9. The van der Waals surface area contributed by atoms with E-state index in [1.54, 1.807) is 0 Å². The third-order valence-electron chi connectivity index (χ3n) is 13.7. The SMILES string of the molecule is CCCCCCCCC(O)CN(CCCCOC(=O)CC1NC(=O)C(CC(=O)OCCCCN(CC(O)CCCCCCCC)CC(O)CCCCCCCC)NC1=O)CC(O)CCCCCCCC. The Balaban J connectivity index is 2.49. The molecule has 1 heterocycles. The van der Waals surface area contributed by atoms with E-state index in [1.807, 2.05) is 0 Å². The average Bonchev–Trinajstić information content (AvgIpc) is 3.32. The maximum Gasteiger partial charge on any atom is 0.308 e. The third-order valence-corrected chi connectivity index (χ3v) is 13.7. The number of hydrogen-bond acceptors (Lipinski definition) is 12. The van der Waals surface area contributed by atoms with Crippen molar-refractivity contribution >= 4 is 23.8 Å². The lowest BCUT2D eigenvalue weighted by Gasteiger charge is -2.29. The van der Waals surface area contributed by atoms with Gasteiger partial charge in [0.1, 0.15) is 12.1 Å². The molecule has 6 N–H and O–H groups in total. The average molecular weight is 997 g/mol. The predicted molar refractivity (Wildman–Crippen MR) is 282 cm³/mol. The summed E-state index contributed by atoms with van der Waals surface area (Å²) in [7, 11) is 0. The Bertz CT molecular complexity index is 1140. The van der Waals surface area contributed by atoms with Crippen LogP contribution in [0.1, 0.15) is 246 Å². The van der Waals surface area contributed by atoms with Crippen molar-refractivity contribution in [2.24, 2.45) is 0 Å². The van der Waals surface area contributed by atoms with Crippen LogP contribution in [0.5, 0.6) is 0 Å². The molecular formula is C56H108N4O10. The number of aliphatic hydroxyl groups is 4. The number of esters is 2. The maximum absolute atomic E-state index is 12.9. The van der Waals surface area contributed by atoms with Crippen LogP contribution in [0, 0.1) is 0 Å². The van der Waals surface area contributed by atoms with Gasteiger partial charge in [-0.2, -0.15) is 0 Å². The standard InChI is InChI=1S/C56H108N4O10/c1-5-9-13-17-21-25-33-47(61)43-59(44-48(62)34-26-22-18-14-10-6-2)37-29-31-39-69-53(65)41-51-55(67)58-52(56(68)57-51)42-54(66)70-40-32-30-38-60(45-49(63)35-27-23-19-15-11-7-3)46-50(64)36-28-24-20-16-12-8-4/h47-52,61-64H,5-46H2,1-4H3,(H,57,68)(H,58,67). The zero-order chi connectivity index (χ0) is 51.5. The van der Waals surface area contributed by atoms with Crippen LogP contribution in [0.15, 0.2) is 0 Å². The molecule has 412 valence electrons. The summed E-state index contributed by atoms with van der Waals surface area (Å²) in [5, 5.41) is 48.5. The number of carbonyl (C=O) groups is 4. The molecule has 0 bridgehead atoms. The molecule has 1 saturated heterocycles. The van der Waals surface area contributed by atoms with Crippen LogP contribution in [0.2, 0.25) is 0 Å². The largest absolute Gasteiger partial charge is 0.466 e. The van der Waals surface area contributed by atoms with E-state index in [0.29, 0.717) is 65.0 Å². The van der Waals surface area contributed by atoms with Gasteiger partial charge in [-0.1, -0.05) is 182 Å². The fraction of sp³-hybridized carbons (Fsp3) is 0.929. The molecule has 0 radical (unpaired) electrons. The minimum absolute atomic E-state index is 0.143. The highest BCUT2D eigenvalue weighted by Crippen LogP contribution is 2.16. The number of nitrogens with zero attached hydrogens (tertiary/aromatic N) is 2. The Morgan fingerprint density at radius 3 is 0.943 bits per heavy atom. The van der Waals surface area contributed by atoms with Gasteiger partial charge in [0, 0.05) is 26.2 Å². The van der Waals surface area contributed by atoms with Crippen LogP contribution in [0.4, 0.5) is 0 Å². The minimum Gasteiger partial charge on any atom is -0.466 e. The van der Waals surface area contributed by atoms with E-state index in [0.717, 1.165) is 77.0 Å². The van der Waals surface area contributed by atoms with E-state index in [1.165, 1.54) is 103 Å². The summed E-state index contributed by atoms with van der Waals surface area (Å²) in [5.41, 5.74) is 0. The fourth-order valence-corrected chi connectivity index (χ4v) is 9.37. The Labute approximate surface area is 426 Å². The van der Waals surface area contributed by atoms with Gasteiger partial charge in [-0.3, -0.25) is 29.0 Å². The molecule has 1 fully saturated rings. The van der Waals surface area contributed by atoms with Gasteiger partial charge in [0.25, 0.3) is 0 Å². The summed E-state index contributed by atoms with van der Waals surface area (Å²) in [6, 6.07) is -2.22. The van der Waals surface area contributed by atoms with Gasteiger partial charge in [0.15, 0.2) is 0 Å². The quantitative estimate of drug-likeness (QED) is 0.0250. The van der Waals surface area contributed by atoms with Gasteiger partial charge in [0.2, 0.25) is 11.8 Å². The first kappa shape index (κ1) is 65.7. The topological polar surface area (TPSA) is 198 Å². The molecule has 0 aromatic rings. The predicted octanol–water partition coefficient (Wildman–Crippen LogP) is 9.45. The summed E-state index contributed by atoms with van der Waals surface area (Å²) in [4.78, 5) is 55.5. The van der Waals surface area contributed by atoms with Crippen LogP contribution in [0.3, 0.4) is 0 Å². The summed E-state index contributed by atoms with van der Waals surface area (Å²) in [6.45, 7) is 12.4. The number of piperazine rings is 1. The zero-order valence-corrected chi connectivity index (χ0v) is 45.3. The normalized spacial score (nSPS) is 16.8. The number of hydrogen-bond donors (Lipinski definition) is 6. The van der Waals surface area contributed by atoms with E-state index in [-0.39, 0.29) is 26.1 Å². The van der Waals surface area contributed by atoms with E-state index in [2.05, 4.69) is 48.1 Å². The lowest BCUT2D eigenvalue weighted by atomic mass is 10.1. The monoisotopic (exact) mass is 997 g/mol. The molecule has 0 aromatic carbocycles. The number of ether oxygens (including phenoxy) is 2. The molecule has 1 aliphatic heterocycles. The Morgan fingerprint density at radius 1 is 0.414 bits per heavy atom. The van der Waals surface area contributed by atoms with Gasteiger partial charge in [-0.25, -0.2) is 0 Å². The first-order chi connectivity index (χ1) is 33.9. The van der Waals surface area contributed by atoms with Crippen LogP contribution in [0.25, 0.3) is 0 Å². The lowest BCUT2D eigenvalue weighted by molar-refractivity contribution is -0.150. The Kier molecular flexibility index (Phi) is 42.5. The first-order valence-electron chi connectivity index (χ1n) is 29.0. The number of rotatable bonds is 50. The van der Waals surface area contributed by atoms with Gasteiger partial charge >= 0.3 is 11.9 Å². The number of aliphatic hydroxyl groups excluding tert-OH is 4. The highest BCUT2D eigenvalue weighted by atomic mass is 16.5. The van der Waals surface area contributed by atoms with Crippen molar-refractivity contribution in [1.82, 2.24) is 20.4 Å². The zero-order valence-electron chi connectivity index (χ0n) is 45.3.